The summed E-state index contributed by atoms with van der Waals surface area (Å²) in [7, 11) is 0. The highest BCUT2D eigenvalue weighted by Crippen LogP contribution is 2.22. The molecule has 0 fully saturated rings. The summed E-state index contributed by atoms with van der Waals surface area (Å²) in [6.45, 7) is 2.66. The first-order chi connectivity index (χ1) is 11.4. The molecule has 1 aliphatic rings. The van der Waals surface area contributed by atoms with Gasteiger partial charge in [-0.05, 0) is 25.0 Å². The molecule has 23 heavy (non-hydrogen) atoms. The van der Waals surface area contributed by atoms with Crippen molar-refractivity contribution in [3.8, 4) is 11.3 Å². The Labute approximate surface area is 136 Å². The molecule has 0 bridgehead atoms. The van der Waals surface area contributed by atoms with Gasteiger partial charge in [0.2, 0.25) is 0 Å². The van der Waals surface area contributed by atoms with Crippen molar-refractivity contribution in [1.82, 2.24) is 14.9 Å². The van der Waals surface area contributed by atoms with Crippen LogP contribution < -0.4 is 5.32 Å². The molecule has 0 radical (unpaired) electrons. The van der Waals surface area contributed by atoms with E-state index in [1.165, 1.54) is 24.4 Å². The molecule has 2 aromatic heterocycles. The fourth-order valence-corrected chi connectivity index (χ4v) is 3.16. The Kier molecular flexibility index (Phi) is 3.99. The zero-order valence-electron chi connectivity index (χ0n) is 13.2. The van der Waals surface area contributed by atoms with Crippen LogP contribution in [0.25, 0.3) is 11.3 Å². The zero-order valence-corrected chi connectivity index (χ0v) is 13.2. The summed E-state index contributed by atoms with van der Waals surface area (Å²) < 4.78 is 8.27. The minimum Gasteiger partial charge on any atom is -0.460 e. The Morgan fingerprint density at radius 1 is 1.04 bits per heavy atom. The molecule has 118 valence electrons. The molecular weight excluding hydrogens is 286 g/mol. The SMILES string of the molecule is c1ccc(-c2ccc(CNCc3cnc4n3CCCC4)o2)cc1. The third-order valence-corrected chi connectivity index (χ3v) is 4.38. The highest BCUT2D eigenvalue weighted by atomic mass is 16.3. The predicted molar refractivity (Wildman–Crippen MR) is 89.9 cm³/mol. The fraction of sp³-hybridized carbons (Fsp3) is 0.316. The molecular formula is C19H21N3O. The Bertz CT molecular complexity index is 773. The lowest BCUT2D eigenvalue weighted by Crippen LogP contribution is -2.18. The molecule has 0 amide bonds. The summed E-state index contributed by atoms with van der Waals surface area (Å²) in [6, 6.07) is 14.3. The smallest absolute Gasteiger partial charge is 0.134 e. The van der Waals surface area contributed by atoms with Gasteiger partial charge < -0.3 is 14.3 Å². The van der Waals surface area contributed by atoms with Gasteiger partial charge >= 0.3 is 0 Å². The molecule has 0 saturated carbocycles. The number of aryl methyl sites for hydroxylation is 1. The van der Waals surface area contributed by atoms with Gasteiger partial charge in [0, 0.05) is 31.3 Å². The fourth-order valence-electron chi connectivity index (χ4n) is 3.16. The number of imidazole rings is 1. The van der Waals surface area contributed by atoms with Crippen LogP contribution in [0.15, 0.2) is 53.1 Å². The van der Waals surface area contributed by atoms with Gasteiger partial charge in [0.05, 0.1) is 12.2 Å². The number of nitrogens with zero attached hydrogens (tertiary/aromatic N) is 2. The monoisotopic (exact) mass is 307 g/mol. The predicted octanol–water partition coefficient (Wildman–Crippen LogP) is 3.77. The molecule has 1 N–H and O–H groups in total. The first-order valence-corrected chi connectivity index (χ1v) is 8.28. The first kappa shape index (κ1) is 14.3. The minimum atomic E-state index is 0.730. The van der Waals surface area contributed by atoms with Crippen LogP contribution in [-0.4, -0.2) is 9.55 Å². The van der Waals surface area contributed by atoms with Gasteiger partial charge in [-0.1, -0.05) is 30.3 Å². The lowest BCUT2D eigenvalue weighted by molar-refractivity contribution is 0.475. The second-order valence-corrected chi connectivity index (χ2v) is 6.01. The van der Waals surface area contributed by atoms with Crippen LogP contribution in [-0.2, 0) is 26.1 Å². The van der Waals surface area contributed by atoms with Gasteiger partial charge in [0.25, 0.3) is 0 Å². The molecule has 0 saturated heterocycles. The van der Waals surface area contributed by atoms with Crippen LogP contribution in [0.1, 0.15) is 30.1 Å². The lowest BCUT2D eigenvalue weighted by atomic mass is 10.1. The average molecular weight is 307 g/mol. The van der Waals surface area contributed by atoms with E-state index in [0.717, 1.165) is 43.1 Å². The highest BCUT2D eigenvalue weighted by molar-refractivity contribution is 5.57. The van der Waals surface area contributed by atoms with Gasteiger partial charge in [-0.25, -0.2) is 4.98 Å². The number of hydrogen-bond acceptors (Lipinski definition) is 3. The van der Waals surface area contributed by atoms with Crippen molar-refractivity contribution in [2.24, 2.45) is 0 Å². The van der Waals surface area contributed by atoms with E-state index in [-0.39, 0.29) is 0 Å². The molecule has 3 heterocycles. The van der Waals surface area contributed by atoms with Crippen molar-refractivity contribution in [1.29, 1.82) is 0 Å². The maximum Gasteiger partial charge on any atom is 0.134 e. The summed E-state index contributed by atoms with van der Waals surface area (Å²) in [4.78, 5) is 4.53. The maximum atomic E-state index is 5.92. The zero-order chi connectivity index (χ0) is 15.5. The third-order valence-electron chi connectivity index (χ3n) is 4.38. The maximum absolute atomic E-state index is 5.92. The molecule has 1 aliphatic heterocycles. The number of furan rings is 1. The lowest BCUT2D eigenvalue weighted by Gasteiger charge is -2.16. The Morgan fingerprint density at radius 3 is 2.87 bits per heavy atom. The number of aromatic nitrogens is 2. The van der Waals surface area contributed by atoms with Crippen molar-refractivity contribution in [2.75, 3.05) is 0 Å². The average Bonchev–Trinajstić information content (AvgIpc) is 3.23. The van der Waals surface area contributed by atoms with Crippen molar-refractivity contribution >= 4 is 0 Å². The summed E-state index contributed by atoms with van der Waals surface area (Å²) >= 11 is 0. The highest BCUT2D eigenvalue weighted by Gasteiger charge is 2.13. The number of benzene rings is 1. The second kappa shape index (κ2) is 6.42. The molecule has 4 heteroatoms. The van der Waals surface area contributed by atoms with E-state index < -0.39 is 0 Å². The van der Waals surface area contributed by atoms with Crippen molar-refractivity contribution in [3.63, 3.8) is 0 Å². The second-order valence-electron chi connectivity index (χ2n) is 6.01. The van der Waals surface area contributed by atoms with E-state index in [2.05, 4.69) is 27.0 Å². The van der Waals surface area contributed by atoms with Crippen molar-refractivity contribution < 1.29 is 4.42 Å². The van der Waals surface area contributed by atoms with E-state index >= 15 is 0 Å². The number of fused-ring (bicyclic) bond motifs is 1. The molecule has 4 rings (SSSR count). The van der Waals surface area contributed by atoms with Gasteiger partial charge in [0.15, 0.2) is 0 Å². The van der Waals surface area contributed by atoms with Crippen LogP contribution >= 0.6 is 0 Å². The first-order valence-electron chi connectivity index (χ1n) is 8.28. The molecule has 3 aromatic rings. The number of hydrogen-bond donors (Lipinski definition) is 1. The molecule has 0 aliphatic carbocycles. The van der Waals surface area contributed by atoms with Gasteiger partial charge in [-0.15, -0.1) is 0 Å². The minimum absolute atomic E-state index is 0.730. The van der Waals surface area contributed by atoms with Gasteiger partial charge in [0.1, 0.15) is 17.3 Å². The molecule has 4 nitrogen and oxygen atoms in total. The van der Waals surface area contributed by atoms with Crippen molar-refractivity contribution in [3.05, 3.63) is 65.9 Å². The van der Waals surface area contributed by atoms with Crippen LogP contribution in [0.3, 0.4) is 0 Å². The summed E-state index contributed by atoms with van der Waals surface area (Å²) in [5.74, 6) is 3.11. The summed E-state index contributed by atoms with van der Waals surface area (Å²) in [5.41, 5.74) is 2.39. The Balaban J connectivity index is 1.37. The Morgan fingerprint density at radius 2 is 1.96 bits per heavy atom. The number of nitrogens with one attached hydrogen (secondary N) is 1. The van der Waals surface area contributed by atoms with E-state index in [1.807, 2.05) is 36.5 Å². The summed E-state index contributed by atoms with van der Waals surface area (Å²) in [6.07, 6.45) is 5.64. The van der Waals surface area contributed by atoms with E-state index in [9.17, 15) is 0 Å². The third kappa shape index (κ3) is 3.08. The van der Waals surface area contributed by atoms with E-state index in [0.29, 0.717) is 0 Å². The van der Waals surface area contributed by atoms with E-state index in [1.54, 1.807) is 0 Å². The van der Waals surface area contributed by atoms with Crippen LogP contribution in [0.5, 0.6) is 0 Å². The van der Waals surface area contributed by atoms with Crippen LogP contribution in [0, 0.1) is 0 Å². The summed E-state index contributed by atoms with van der Waals surface area (Å²) in [5, 5.41) is 3.46. The van der Waals surface area contributed by atoms with Gasteiger partial charge in [-0.3, -0.25) is 0 Å². The molecule has 0 spiro atoms. The molecule has 0 unspecified atom stereocenters. The van der Waals surface area contributed by atoms with E-state index in [4.69, 9.17) is 4.42 Å². The largest absolute Gasteiger partial charge is 0.460 e. The Hall–Kier alpha value is -2.33. The molecule has 1 aromatic carbocycles. The standard InChI is InChI=1S/C19H21N3O/c1-2-6-15(7-3-1)18-10-9-17(23-18)14-20-12-16-13-21-19-8-4-5-11-22(16)19/h1-3,6-7,9-10,13,20H,4-5,8,11-12,14H2. The van der Waals surface area contributed by atoms with Crippen LogP contribution in [0.2, 0.25) is 0 Å². The van der Waals surface area contributed by atoms with Crippen LogP contribution in [0.4, 0.5) is 0 Å². The topological polar surface area (TPSA) is 43.0 Å². The quantitative estimate of drug-likeness (QED) is 0.780. The number of rotatable bonds is 5. The normalized spacial score (nSPS) is 13.9. The van der Waals surface area contributed by atoms with Crippen molar-refractivity contribution in [2.45, 2.75) is 38.9 Å². The molecule has 0 atom stereocenters. The van der Waals surface area contributed by atoms with Gasteiger partial charge in [-0.2, -0.15) is 0 Å².